The molecule has 1 aliphatic heterocycles. The van der Waals surface area contributed by atoms with Crippen molar-refractivity contribution < 1.29 is 23.1 Å². The Labute approximate surface area is 178 Å². The molecule has 2 heterocycles. The van der Waals surface area contributed by atoms with Gasteiger partial charge in [0.25, 0.3) is 0 Å². The highest BCUT2D eigenvalue weighted by molar-refractivity contribution is 7.15. The summed E-state index contributed by atoms with van der Waals surface area (Å²) in [5.74, 6) is 0.587. The van der Waals surface area contributed by atoms with Gasteiger partial charge in [0, 0.05) is 24.6 Å². The highest BCUT2D eigenvalue weighted by Crippen LogP contribution is 2.31. The molecule has 1 fully saturated rings. The standard InChI is InChI=1S/C13H21N3O2S.C8H7F3/c1-9-5-6-16(8-9)13(18)15-12-14-10(2)11(19-12)4-3-7-17;1-6-4-2-3-5-7(6)8(9,10)11/h9,17H,3-8H2,1-2H3,(H,14,15,18);2-5H,1H3/t9-;/m0./s1. The molecular weight excluding hydrogens is 415 g/mol. The summed E-state index contributed by atoms with van der Waals surface area (Å²) < 4.78 is 36.1. The van der Waals surface area contributed by atoms with E-state index in [4.69, 9.17) is 5.11 Å². The van der Waals surface area contributed by atoms with Gasteiger partial charge in [0.05, 0.1) is 11.3 Å². The van der Waals surface area contributed by atoms with Crippen molar-refractivity contribution in [1.29, 1.82) is 0 Å². The number of likely N-dealkylation sites (tertiary alicyclic amines) is 1. The first kappa shape index (κ1) is 24.1. The molecule has 0 aliphatic carbocycles. The third kappa shape index (κ3) is 6.98. The predicted octanol–water partition coefficient (Wildman–Crippen LogP) is 5.26. The van der Waals surface area contributed by atoms with Crippen LogP contribution in [0.5, 0.6) is 0 Å². The monoisotopic (exact) mass is 443 g/mol. The zero-order valence-electron chi connectivity index (χ0n) is 17.4. The number of anilines is 1. The third-order valence-corrected chi connectivity index (χ3v) is 5.96. The first-order valence-electron chi connectivity index (χ1n) is 9.87. The van der Waals surface area contributed by atoms with E-state index in [-0.39, 0.29) is 18.2 Å². The summed E-state index contributed by atoms with van der Waals surface area (Å²) in [4.78, 5) is 19.4. The van der Waals surface area contributed by atoms with E-state index < -0.39 is 11.7 Å². The number of alkyl halides is 3. The number of amides is 2. The Hall–Kier alpha value is -2.13. The van der Waals surface area contributed by atoms with Gasteiger partial charge >= 0.3 is 12.2 Å². The van der Waals surface area contributed by atoms with Crippen molar-refractivity contribution in [1.82, 2.24) is 9.88 Å². The SMILES string of the molecule is Cc1ccccc1C(F)(F)F.Cc1nc(NC(=O)N2CC[C@H](C)C2)sc1CCCO. The number of hydrogen-bond donors (Lipinski definition) is 2. The average molecular weight is 444 g/mol. The van der Waals surface area contributed by atoms with E-state index in [1.807, 2.05) is 11.8 Å². The maximum Gasteiger partial charge on any atom is 0.416 e. The number of benzene rings is 1. The van der Waals surface area contributed by atoms with Crippen LogP contribution >= 0.6 is 11.3 Å². The third-order valence-electron chi connectivity index (χ3n) is 4.83. The van der Waals surface area contributed by atoms with Crippen LogP contribution in [0.2, 0.25) is 0 Å². The van der Waals surface area contributed by atoms with Crippen molar-refractivity contribution in [3.05, 3.63) is 46.0 Å². The summed E-state index contributed by atoms with van der Waals surface area (Å²) >= 11 is 1.51. The Morgan fingerprint density at radius 1 is 1.33 bits per heavy atom. The number of carbonyl (C=O) groups excluding carboxylic acids is 1. The number of aliphatic hydroxyl groups excluding tert-OH is 1. The molecule has 0 bridgehead atoms. The summed E-state index contributed by atoms with van der Waals surface area (Å²) in [6.45, 7) is 7.39. The molecule has 9 heteroatoms. The van der Waals surface area contributed by atoms with Crippen LogP contribution in [0.25, 0.3) is 0 Å². The number of carbonyl (C=O) groups is 1. The zero-order valence-corrected chi connectivity index (χ0v) is 18.2. The minimum absolute atomic E-state index is 0.0493. The Kier molecular flexibility index (Phi) is 8.66. The number of aliphatic hydroxyl groups is 1. The lowest BCUT2D eigenvalue weighted by molar-refractivity contribution is -0.138. The van der Waals surface area contributed by atoms with Crippen molar-refractivity contribution in [2.75, 3.05) is 25.0 Å². The lowest BCUT2D eigenvalue weighted by Gasteiger charge is -2.15. The topological polar surface area (TPSA) is 65.5 Å². The van der Waals surface area contributed by atoms with Crippen molar-refractivity contribution in [2.45, 2.75) is 46.2 Å². The Bertz CT molecular complexity index is 839. The van der Waals surface area contributed by atoms with E-state index in [1.165, 1.54) is 30.4 Å². The van der Waals surface area contributed by atoms with Crippen molar-refractivity contribution in [3.8, 4) is 0 Å². The molecule has 0 spiro atoms. The molecule has 2 amide bonds. The molecule has 0 saturated carbocycles. The van der Waals surface area contributed by atoms with Crippen molar-refractivity contribution in [3.63, 3.8) is 0 Å². The summed E-state index contributed by atoms with van der Waals surface area (Å²) in [6, 6.07) is 5.45. The number of aryl methyl sites for hydroxylation is 3. The maximum absolute atomic E-state index is 12.0. The molecule has 0 unspecified atom stereocenters. The Morgan fingerprint density at radius 3 is 2.57 bits per heavy atom. The smallest absolute Gasteiger partial charge is 0.396 e. The average Bonchev–Trinajstić information content (AvgIpc) is 3.25. The molecule has 1 aromatic heterocycles. The minimum Gasteiger partial charge on any atom is -0.396 e. The molecule has 1 saturated heterocycles. The highest BCUT2D eigenvalue weighted by Gasteiger charge is 2.31. The number of rotatable bonds is 4. The van der Waals surface area contributed by atoms with Crippen molar-refractivity contribution in [2.24, 2.45) is 5.92 Å². The summed E-state index contributed by atoms with van der Waals surface area (Å²) in [6.07, 6.45) is -1.59. The Balaban J connectivity index is 0.000000248. The van der Waals surface area contributed by atoms with E-state index in [0.29, 0.717) is 11.0 Å². The van der Waals surface area contributed by atoms with Gasteiger partial charge in [0.2, 0.25) is 0 Å². The van der Waals surface area contributed by atoms with Crippen molar-refractivity contribution >= 4 is 22.5 Å². The first-order valence-corrected chi connectivity index (χ1v) is 10.7. The summed E-state index contributed by atoms with van der Waals surface area (Å²) in [5, 5.41) is 12.4. The van der Waals surface area contributed by atoms with Gasteiger partial charge in [-0.3, -0.25) is 5.32 Å². The lowest BCUT2D eigenvalue weighted by Crippen LogP contribution is -2.32. The molecule has 5 nitrogen and oxygen atoms in total. The Morgan fingerprint density at radius 2 is 2.03 bits per heavy atom. The fraction of sp³-hybridized carbons (Fsp3) is 0.524. The van der Waals surface area contributed by atoms with Crippen LogP contribution in [0.4, 0.5) is 23.1 Å². The van der Waals surface area contributed by atoms with Gasteiger partial charge < -0.3 is 10.0 Å². The van der Waals surface area contributed by atoms with Gasteiger partial charge in [0.15, 0.2) is 5.13 Å². The zero-order chi connectivity index (χ0) is 22.3. The highest BCUT2D eigenvalue weighted by atomic mass is 32.1. The van der Waals surface area contributed by atoms with Crippen LogP contribution in [-0.2, 0) is 12.6 Å². The predicted molar refractivity (Wildman–Crippen MR) is 113 cm³/mol. The van der Waals surface area contributed by atoms with Crippen LogP contribution in [0.1, 0.15) is 41.5 Å². The van der Waals surface area contributed by atoms with Crippen LogP contribution in [0, 0.1) is 19.8 Å². The second-order valence-corrected chi connectivity index (χ2v) is 8.52. The van der Waals surface area contributed by atoms with Gasteiger partial charge in [-0.05, 0) is 50.7 Å². The van der Waals surface area contributed by atoms with Gasteiger partial charge in [-0.1, -0.05) is 25.1 Å². The van der Waals surface area contributed by atoms with E-state index in [2.05, 4.69) is 17.2 Å². The molecule has 2 N–H and O–H groups in total. The molecule has 30 heavy (non-hydrogen) atoms. The van der Waals surface area contributed by atoms with Gasteiger partial charge in [0.1, 0.15) is 0 Å². The van der Waals surface area contributed by atoms with Gasteiger partial charge in [-0.25, -0.2) is 9.78 Å². The maximum atomic E-state index is 12.0. The van der Waals surface area contributed by atoms with Crippen LogP contribution in [0.3, 0.4) is 0 Å². The number of urea groups is 1. The van der Waals surface area contributed by atoms with Gasteiger partial charge in [-0.15, -0.1) is 11.3 Å². The van der Waals surface area contributed by atoms with E-state index in [1.54, 1.807) is 6.07 Å². The molecule has 1 aromatic carbocycles. The fourth-order valence-electron chi connectivity index (χ4n) is 3.13. The number of hydrogen-bond acceptors (Lipinski definition) is 4. The summed E-state index contributed by atoms with van der Waals surface area (Å²) in [7, 11) is 0. The fourth-order valence-corrected chi connectivity index (χ4v) is 4.13. The van der Waals surface area contributed by atoms with E-state index >= 15 is 0 Å². The van der Waals surface area contributed by atoms with Crippen LogP contribution < -0.4 is 5.32 Å². The number of nitrogens with zero attached hydrogens (tertiary/aromatic N) is 2. The molecule has 0 radical (unpaired) electrons. The van der Waals surface area contributed by atoms with Gasteiger partial charge in [-0.2, -0.15) is 13.2 Å². The molecule has 1 aliphatic rings. The molecule has 2 aromatic rings. The minimum atomic E-state index is -4.22. The second-order valence-electron chi connectivity index (χ2n) is 7.44. The van der Waals surface area contributed by atoms with E-state index in [0.717, 1.165) is 49.0 Å². The quantitative estimate of drug-likeness (QED) is 0.677. The van der Waals surface area contributed by atoms with Crippen LogP contribution in [-0.4, -0.2) is 40.7 Å². The number of nitrogens with one attached hydrogen (secondary N) is 1. The largest absolute Gasteiger partial charge is 0.416 e. The van der Waals surface area contributed by atoms with Crippen LogP contribution in [0.15, 0.2) is 24.3 Å². The number of thiazole rings is 1. The first-order chi connectivity index (χ1) is 14.1. The number of halogens is 3. The molecule has 1 atom stereocenters. The molecular formula is C21H28F3N3O2S. The lowest BCUT2D eigenvalue weighted by atomic mass is 10.1. The second kappa shape index (κ2) is 10.8. The van der Waals surface area contributed by atoms with E-state index in [9.17, 15) is 18.0 Å². The molecule has 3 rings (SSSR count). The summed E-state index contributed by atoms with van der Waals surface area (Å²) in [5.41, 5.74) is 0.656. The molecule has 166 valence electrons. The number of aromatic nitrogens is 1. The normalized spacial score (nSPS) is 16.2.